The number of benzene rings is 1. The van der Waals surface area contributed by atoms with Gasteiger partial charge in [0.05, 0.1) is 28.0 Å². The van der Waals surface area contributed by atoms with E-state index in [1.165, 1.54) is 0 Å². The summed E-state index contributed by atoms with van der Waals surface area (Å²) in [6.07, 6.45) is 1.91. The number of nitrogens with one attached hydrogen (secondary N) is 1. The number of methoxy groups -OCH3 is 1. The fraction of sp³-hybridized carbons (Fsp3) is 0.357. The van der Waals surface area contributed by atoms with Gasteiger partial charge in [0.1, 0.15) is 0 Å². The molecule has 1 N–H and O–H groups in total. The van der Waals surface area contributed by atoms with Gasteiger partial charge in [0.25, 0.3) is 0 Å². The number of hydrogen-bond donors (Lipinski definition) is 1. The van der Waals surface area contributed by atoms with Crippen LogP contribution >= 0.6 is 39.1 Å². The zero-order valence-electron chi connectivity index (χ0n) is 12.0. The highest BCUT2D eigenvalue weighted by atomic mass is 79.9. The van der Waals surface area contributed by atoms with Gasteiger partial charge in [0, 0.05) is 23.8 Å². The molecule has 0 radical (unpaired) electrons. The molecule has 0 aliphatic carbocycles. The maximum absolute atomic E-state index is 6.35. The van der Waals surface area contributed by atoms with E-state index in [9.17, 15) is 0 Å². The molecule has 0 saturated carbocycles. The number of hydrogen-bond acceptors (Lipinski definition) is 3. The van der Waals surface area contributed by atoms with Gasteiger partial charge in [-0.25, -0.2) is 4.98 Å². The van der Waals surface area contributed by atoms with Gasteiger partial charge in [-0.05, 0) is 41.9 Å². The van der Waals surface area contributed by atoms with Crippen LogP contribution in [0.4, 0.5) is 5.95 Å². The number of rotatable bonds is 5. The van der Waals surface area contributed by atoms with Gasteiger partial charge in [-0.1, -0.05) is 23.2 Å². The first kappa shape index (κ1) is 16.6. The van der Waals surface area contributed by atoms with Crippen LogP contribution in [0, 0.1) is 6.92 Å². The van der Waals surface area contributed by atoms with Crippen molar-refractivity contribution in [3.8, 4) is 5.69 Å². The van der Waals surface area contributed by atoms with E-state index in [4.69, 9.17) is 27.9 Å². The lowest BCUT2D eigenvalue weighted by atomic mass is 10.3. The van der Waals surface area contributed by atoms with Crippen molar-refractivity contribution in [1.82, 2.24) is 9.55 Å². The third-order valence-corrected chi connectivity index (χ3v) is 4.65. The zero-order chi connectivity index (χ0) is 15.6. The Bertz CT molecular complexity index is 645. The average molecular weight is 393 g/mol. The summed E-state index contributed by atoms with van der Waals surface area (Å²) in [5.41, 5.74) is 1.66. The quantitative estimate of drug-likeness (QED) is 0.749. The van der Waals surface area contributed by atoms with E-state index in [1.54, 1.807) is 7.11 Å². The Kier molecular flexibility index (Phi) is 5.54. The largest absolute Gasteiger partial charge is 0.383 e. The molecule has 2 aromatic rings. The van der Waals surface area contributed by atoms with E-state index in [0.29, 0.717) is 22.6 Å². The highest BCUT2D eigenvalue weighted by Gasteiger charge is 2.15. The van der Waals surface area contributed by atoms with Crippen molar-refractivity contribution in [2.45, 2.75) is 19.9 Å². The third kappa shape index (κ3) is 3.72. The summed E-state index contributed by atoms with van der Waals surface area (Å²) in [4.78, 5) is 4.49. The molecule has 1 unspecified atom stereocenters. The molecule has 0 spiro atoms. The fourth-order valence-corrected chi connectivity index (χ4v) is 2.86. The van der Waals surface area contributed by atoms with E-state index in [-0.39, 0.29) is 6.04 Å². The van der Waals surface area contributed by atoms with Gasteiger partial charge in [-0.3, -0.25) is 4.57 Å². The molecule has 21 heavy (non-hydrogen) atoms. The Morgan fingerprint density at radius 2 is 2.10 bits per heavy atom. The minimum Gasteiger partial charge on any atom is -0.383 e. The molecule has 0 amide bonds. The SMILES string of the molecule is COCC(C)Nc1nc(C)cn1-c1ccc(Br)c(Cl)c1Cl. The van der Waals surface area contributed by atoms with Crippen molar-refractivity contribution in [3.05, 3.63) is 38.5 Å². The Morgan fingerprint density at radius 3 is 2.76 bits per heavy atom. The van der Waals surface area contributed by atoms with Crippen LogP contribution in [-0.4, -0.2) is 29.3 Å². The van der Waals surface area contributed by atoms with Crippen LogP contribution in [0.3, 0.4) is 0 Å². The van der Waals surface area contributed by atoms with Crippen molar-refractivity contribution in [3.63, 3.8) is 0 Å². The van der Waals surface area contributed by atoms with Gasteiger partial charge in [0.15, 0.2) is 0 Å². The number of aromatic nitrogens is 2. The van der Waals surface area contributed by atoms with Gasteiger partial charge in [0.2, 0.25) is 5.95 Å². The summed E-state index contributed by atoms with van der Waals surface area (Å²) in [6.45, 7) is 4.53. The second-order valence-corrected chi connectivity index (χ2v) is 6.38. The Balaban J connectivity index is 2.43. The Hall–Kier alpha value is -0.750. The summed E-state index contributed by atoms with van der Waals surface area (Å²) in [6, 6.07) is 3.88. The number of nitrogens with zero attached hydrogens (tertiary/aromatic N) is 2. The second-order valence-electron chi connectivity index (χ2n) is 4.77. The standard InChI is InChI=1S/C14H16BrCl2N3O/c1-8-6-20(14(18-8)19-9(2)7-21-3)11-5-4-10(15)12(16)13(11)17/h4-6,9H,7H2,1-3H3,(H,18,19). The van der Waals surface area contributed by atoms with Crippen LogP contribution in [0.15, 0.2) is 22.8 Å². The lowest BCUT2D eigenvalue weighted by Crippen LogP contribution is -2.22. The van der Waals surface area contributed by atoms with E-state index in [0.717, 1.165) is 15.9 Å². The summed E-state index contributed by atoms with van der Waals surface area (Å²) in [7, 11) is 1.67. The number of halogens is 3. The van der Waals surface area contributed by atoms with Crippen molar-refractivity contribution >= 4 is 45.1 Å². The van der Waals surface area contributed by atoms with Crippen LogP contribution in [0.25, 0.3) is 5.69 Å². The predicted octanol–water partition coefficient (Wildman–Crippen LogP) is 4.70. The molecule has 1 aromatic heterocycles. The van der Waals surface area contributed by atoms with Gasteiger partial charge in [-0.15, -0.1) is 0 Å². The van der Waals surface area contributed by atoms with Gasteiger partial charge >= 0.3 is 0 Å². The maximum Gasteiger partial charge on any atom is 0.208 e. The van der Waals surface area contributed by atoms with Crippen molar-refractivity contribution < 1.29 is 4.74 Å². The van der Waals surface area contributed by atoms with Crippen LogP contribution in [0.5, 0.6) is 0 Å². The molecule has 1 aromatic carbocycles. The highest BCUT2D eigenvalue weighted by Crippen LogP contribution is 2.36. The molecule has 4 nitrogen and oxygen atoms in total. The van der Waals surface area contributed by atoms with Crippen LogP contribution in [0.1, 0.15) is 12.6 Å². The van der Waals surface area contributed by atoms with Gasteiger partial charge < -0.3 is 10.1 Å². The molecule has 2 rings (SSSR count). The van der Waals surface area contributed by atoms with E-state index in [1.807, 2.05) is 36.7 Å². The zero-order valence-corrected chi connectivity index (χ0v) is 15.1. The highest BCUT2D eigenvalue weighted by molar-refractivity contribution is 9.10. The van der Waals surface area contributed by atoms with E-state index >= 15 is 0 Å². The monoisotopic (exact) mass is 391 g/mol. The predicted molar refractivity (Wildman–Crippen MR) is 91.0 cm³/mol. The second kappa shape index (κ2) is 7.01. The molecule has 0 aliphatic rings. The fourth-order valence-electron chi connectivity index (χ4n) is 2.00. The van der Waals surface area contributed by atoms with Crippen LogP contribution in [0.2, 0.25) is 10.0 Å². The van der Waals surface area contributed by atoms with Crippen LogP contribution in [-0.2, 0) is 4.74 Å². The smallest absolute Gasteiger partial charge is 0.208 e. The van der Waals surface area contributed by atoms with E-state index < -0.39 is 0 Å². The summed E-state index contributed by atoms with van der Waals surface area (Å²) >= 11 is 15.9. The maximum atomic E-state index is 6.35. The minimum atomic E-state index is 0.125. The molecule has 1 atom stereocenters. The first-order valence-electron chi connectivity index (χ1n) is 6.39. The summed E-state index contributed by atoms with van der Waals surface area (Å²) in [5, 5.41) is 4.27. The number of anilines is 1. The third-order valence-electron chi connectivity index (χ3n) is 2.89. The summed E-state index contributed by atoms with van der Waals surface area (Å²) < 4.78 is 7.79. The Morgan fingerprint density at radius 1 is 1.38 bits per heavy atom. The molecule has 0 bridgehead atoms. The molecule has 0 fully saturated rings. The number of imidazole rings is 1. The Labute approximate surface area is 142 Å². The summed E-state index contributed by atoms with van der Waals surface area (Å²) in [5.74, 6) is 0.706. The average Bonchev–Trinajstić information content (AvgIpc) is 2.77. The molecule has 0 aliphatic heterocycles. The number of aryl methyl sites for hydroxylation is 1. The normalized spacial score (nSPS) is 12.5. The van der Waals surface area contributed by atoms with Crippen LogP contribution < -0.4 is 5.32 Å². The topological polar surface area (TPSA) is 39.1 Å². The van der Waals surface area contributed by atoms with Gasteiger partial charge in [-0.2, -0.15) is 0 Å². The first-order chi connectivity index (χ1) is 9.93. The van der Waals surface area contributed by atoms with Crippen molar-refractivity contribution in [2.24, 2.45) is 0 Å². The van der Waals surface area contributed by atoms with Crippen molar-refractivity contribution in [1.29, 1.82) is 0 Å². The molecular formula is C14H16BrCl2N3O. The number of ether oxygens (including phenoxy) is 1. The van der Waals surface area contributed by atoms with Crippen molar-refractivity contribution in [2.75, 3.05) is 19.0 Å². The minimum absolute atomic E-state index is 0.125. The molecule has 0 saturated heterocycles. The van der Waals surface area contributed by atoms with E-state index in [2.05, 4.69) is 26.2 Å². The molecular weight excluding hydrogens is 377 g/mol. The lowest BCUT2D eigenvalue weighted by Gasteiger charge is -2.16. The first-order valence-corrected chi connectivity index (χ1v) is 7.94. The molecule has 7 heteroatoms. The molecule has 1 heterocycles. The lowest BCUT2D eigenvalue weighted by molar-refractivity contribution is 0.190. The molecule has 114 valence electrons.